The lowest BCUT2D eigenvalue weighted by Gasteiger charge is -2.00. The van der Waals surface area contributed by atoms with E-state index in [0.29, 0.717) is 18.1 Å². The number of hydrogen-bond donors (Lipinski definition) is 0. The van der Waals surface area contributed by atoms with E-state index in [2.05, 4.69) is 32.6 Å². The number of rotatable bonds is 11. The Kier molecular flexibility index (Phi) is 9.85. The molecule has 0 aliphatic carbocycles. The molecular weight excluding hydrogens is 244 g/mol. The molecule has 0 saturated carbocycles. The van der Waals surface area contributed by atoms with E-state index in [-0.39, 0.29) is 0 Å². The van der Waals surface area contributed by atoms with Gasteiger partial charge >= 0.3 is 0 Å². The third-order valence-electron chi connectivity index (χ3n) is 3.97. The highest BCUT2D eigenvalue weighted by atomic mass is 16.6. The first-order valence-electron chi connectivity index (χ1n) is 8.85. The number of ether oxygens (including phenoxy) is 1. The first kappa shape index (κ1) is 17.6. The molecule has 1 fully saturated rings. The maximum atomic E-state index is 5.68. The number of epoxide rings is 1. The Hall–Kier alpha value is -0.480. The molecule has 0 aromatic carbocycles. The van der Waals surface area contributed by atoms with Crippen molar-refractivity contribution in [3.63, 3.8) is 0 Å². The Morgan fingerprint density at radius 1 is 0.850 bits per heavy atom. The maximum absolute atomic E-state index is 5.68. The van der Waals surface area contributed by atoms with E-state index in [9.17, 15) is 0 Å². The predicted molar refractivity (Wildman–Crippen MR) is 87.7 cm³/mol. The average molecular weight is 278 g/mol. The smallest absolute Gasteiger partial charge is 0.0950 e. The molecular formula is C19H34O. The predicted octanol–water partition coefficient (Wildman–Crippen LogP) is 5.72. The molecule has 1 aliphatic heterocycles. The van der Waals surface area contributed by atoms with Crippen molar-refractivity contribution in [3.8, 4) is 11.8 Å². The summed E-state index contributed by atoms with van der Waals surface area (Å²) in [5.41, 5.74) is 0. The standard InChI is InChI=1S/C19H34O/c1-4-5-6-7-8-9-10-11-15-18-19(20-18)16-13-12-14-17(2)3/h17-19H,4-11,14-16H2,1-3H3/t18-,19+/m0/s1. The van der Waals surface area contributed by atoms with Gasteiger partial charge in [-0.05, 0) is 12.3 Å². The van der Waals surface area contributed by atoms with Crippen LogP contribution in [0.1, 0.15) is 91.4 Å². The van der Waals surface area contributed by atoms with Gasteiger partial charge in [-0.2, -0.15) is 0 Å². The van der Waals surface area contributed by atoms with Crippen molar-refractivity contribution in [2.45, 2.75) is 104 Å². The molecule has 116 valence electrons. The van der Waals surface area contributed by atoms with Crippen molar-refractivity contribution in [1.29, 1.82) is 0 Å². The molecule has 0 spiro atoms. The van der Waals surface area contributed by atoms with Gasteiger partial charge in [-0.25, -0.2) is 0 Å². The first-order valence-corrected chi connectivity index (χ1v) is 8.85. The molecule has 0 aromatic heterocycles. The van der Waals surface area contributed by atoms with Crippen molar-refractivity contribution in [2.24, 2.45) is 5.92 Å². The van der Waals surface area contributed by atoms with Crippen LogP contribution in [0.5, 0.6) is 0 Å². The highest BCUT2D eigenvalue weighted by Gasteiger charge is 2.36. The van der Waals surface area contributed by atoms with Crippen molar-refractivity contribution >= 4 is 0 Å². The van der Waals surface area contributed by atoms with Gasteiger partial charge in [0.2, 0.25) is 0 Å². The van der Waals surface area contributed by atoms with Crippen LogP contribution in [-0.4, -0.2) is 12.2 Å². The fourth-order valence-electron chi connectivity index (χ4n) is 2.54. The van der Waals surface area contributed by atoms with Crippen LogP contribution in [0.15, 0.2) is 0 Å². The summed E-state index contributed by atoms with van der Waals surface area (Å²) in [7, 11) is 0. The average Bonchev–Trinajstić information content (AvgIpc) is 3.16. The Morgan fingerprint density at radius 2 is 1.50 bits per heavy atom. The highest BCUT2D eigenvalue weighted by Crippen LogP contribution is 2.29. The lowest BCUT2D eigenvalue weighted by atomic mass is 10.1. The monoisotopic (exact) mass is 278 g/mol. The molecule has 1 heteroatoms. The molecule has 0 unspecified atom stereocenters. The maximum Gasteiger partial charge on any atom is 0.0950 e. The second-order valence-electron chi connectivity index (χ2n) is 6.63. The van der Waals surface area contributed by atoms with Crippen LogP contribution < -0.4 is 0 Å². The lowest BCUT2D eigenvalue weighted by molar-refractivity contribution is 0.359. The Morgan fingerprint density at radius 3 is 2.15 bits per heavy atom. The van der Waals surface area contributed by atoms with Gasteiger partial charge in [0.1, 0.15) is 0 Å². The fourth-order valence-corrected chi connectivity index (χ4v) is 2.54. The molecule has 0 aromatic rings. The van der Waals surface area contributed by atoms with Crippen molar-refractivity contribution in [1.82, 2.24) is 0 Å². The first-order chi connectivity index (χ1) is 9.74. The molecule has 2 atom stereocenters. The van der Waals surface area contributed by atoms with Gasteiger partial charge in [-0.1, -0.05) is 72.1 Å². The zero-order valence-corrected chi connectivity index (χ0v) is 13.9. The van der Waals surface area contributed by atoms with Gasteiger partial charge in [0.25, 0.3) is 0 Å². The third kappa shape index (κ3) is 9.43. The summed E-state index contributed by atoms with van der Waals surface area (Å²) in [6.07, 6.45) is 15.4. The zero-order chi connectivity index (χ0) is 14.6. The Balaban J connectivity index is 1.84. The van der Waals surface area contributed by atoms with E-state index in [4.69, 9.17) is 4.74 Å². The van der Waals surface area contributed by atoms with Crippen LogP contribution in [0.2, 0.25) is 0 Å². The van der Waals surface area contributed by atoms with Crippen LogP contribution in [0, 0.1) is 17.8 Å². The zero-order valence-electron chi connectivity index (χ0n) is 13.9. The van der Waals surface area contributed by atoms with E-state index >= 15 is 0 Å². The summed E-state index contributed by atoms with van der Waals surface area (Å²) in [6.45, 7) is 6.71. The lowest BCUT2D eigenvalue weighted by Crippen LogP contribution is -1.93. The van der Waals surface area contributed by atoms with Crippen molar-refractivity contribution in [2.75, 3.05) is 0 Å². The minimum atomic E-state index is 0.458. The summed E-state index contributed by atoms with van der Waals surface area (Å²) < 4.78 is 5.68. The minimum absolute atomic E-state index is 0.458. The second-order valence-corrected chi connectivity index (χ2v) is 6.63. The van der Waals surface area contributed by atoms with Gasteiger partial charge in [-0.15, -0.1) is 11.8 Å². The molecule has 1 heterocycles. The molecule has 0 amide bonds. The van der Waals surface area contributed by atoms with Crippen LogP contribution in [-0.2, 0) is 4.74 Å². The summed E-state index contributed by atoms with van der Waals surface area (Å²) in [5.74, 6) is 7.20. The fraction of sp³-hybridized carbons (Fsp3) is 0.895. The largest absolute Gasteiger partial charge is 0.369 e. The summed E-state index contributed by atoms with van der Waals surface area (Å²) in [4.78, 5) is 0. The molecule has 1 saturated heterocycles. The molecule has 0 radical (unpaired) electrons. The molecule has 20 heavy (non-hydrogen) atoms. The molecule has 0 bridgehead atoms. The van der Waals surface area contributed by atoms with Gasteiger partial charge in [-0.3, -0.25) is 0 Å². The molecule has 1 nitrogen and oxygen atoms in total. The quantitative estimate of drug-likeness (QED) is 0.267. The van der Waals surface area contributed by atoms with Gasteiger partial charge in [0, 0.05) is 12.8 Å². The third-order valence-corrected chi connectivity index (χ3v) is 3.97. The number of unbranched alkanes of at least 4 members (excludes halogenated alkanes) is 7. The van der Waals surface area contributed by atoms with Crippen LogP contribution >= 0.6 is 0 Å². The summed E-state index contributed by atoms with van der Waals surface area (Å²) >= 11 is 0. The Bertz CT molecular complexity index is 284. The van der Waals surface area contributed by atoms with Gasteiger partial charge in [0.15, 0.2) is 0 Å². The summed E-state index contributed by atoms with van der Waals surface area (Å²) in [5, 5.41) is 0. The molecule has 0 N–H and O–H groups in total. The van der Waals surface area contributed by atoms with Crippen LogP contribution in [0.25, 0.3) is 0 Å². The Labute approximate surface area is 126 Å². The number of hydrogen-bond acceptors (Lipinski definition) is 1. The summed E-state index contributed by atoms with van der Waals surface area (Å²) in [6, 6.07) is 0. The van der Waals surface area contributed by atoms with Crippen molar-refractivity contribution < 1.29 is 4.74 Å². The minimum Gasteiger partial charge on any atom is -0.369 e. The normalized spacial score (nSPS) is 20.8. The molecule has 1 aliphatic rings. The van der Waals surface area contributed by atoms with E-state index in [0.717, 1.165) is 12.8 Å². The van der Waals surface area contributed by atoms with E-state index in [1.807, 2.05) is 0 Å². The van der Waals surface area contributed by atoms with E-state index in [1.165, 1.54) is 57.8 Å². The molecule has 1 rings (SSSR count). The van der Waals surface area contributed by atoms with Crippen LogP contribution in [0.3, 0.4) is 0 Å². The topological polar surface area (TPSA) is 12.5 Å². The van der Waals surface area contributed by atoms with Crippen molar-refractivity contribution in [3.05, 3.63) is 0 Å². The van der Waals surface area contributed by atoms with Gasteiger partial charge in [0.05, 0.1) is 12.2 Å². The van der Waals surface area contributed by atoms with E-state index in [1.54, 1.807) is 0 Å². The highest BCUT2D eigenvalue weighted by molar-refractivity contribution is 5.04. The second kappa shape index (κ2) is 11.2. The van der Waals surface area contributed by atoms with Crippen LogP contribution in [0.4, 0.5) is 0 Å². The van der Waals surface area contributed by atoms with E-state index < -0.39 is 0 Å². The SMILES string of the molecule is CCCCCCCCCC[C@@H]1O[C@@H]1CC#CCC(C)C. The van der Waals surface area contributed by atoms with Gasteiger partial charge < -0.3 is 4.74 Å².